The van der Waals surface area contributed by atoms with E-state index in [0.29, 0.717) is 28.2 Å². The second-order valence-corrected chi connectivity index (χ2v) is 7.41. The van der Waals surface area contributed by atoms with E-state index in [9.17, 15) is 17.6 Å². The van der Waals surface area contributed by atoms with Crippen LogP contribution in [0, 0.1) is 17.7 Å². The molecule has 1 fully saturated rings. The van der Waals surface area contributed by atoms with Crippen molar-refractivity contribution in [2.75, 3.05) is 5.32 Å². The van der Waals surface area contributed by atoms with Crippen LogP contribution in [0.3, 0.4) is 0 Å². The van der Waals surface area contributed by atoms with Gasteiger partial charge in [0.2, 0.25) is 0 Å². The molecule has 6 heteroatoms. The Bertz CT molecular complexity index is 928. The number of hydrogen-bond donors (Lipinski definition) is 1. The Morgan fingerprint density at radius 3 is 2.57 bits per heavy atom. The molecular formula is C22H20F4N2. The summed E-state index contributed by atoms with van der Waals surface area (Å²) in [6, 6.07) is 9.49. The molecule has 146 valence electrons. The van der Waals surface area contributed by atoms with Crippen molar-refractivity contribution in [1.29, 1.82) is 0 Å². The molecule has 0 amide bonds. The molecule has 0 spiro atoms. The van der Waals surface area contributed by atoms with Crippen LogP contribution in [0.2, 0.25) is 0 Å². The zero-order chi connectivity index (χ0) is 19.9. The number of halogens is 4. The molecule has 4 rings (SSSR count). The minimum Gasteiger partial charge on any atom is -0.340 e. The van der Waals surface area contributed by atoms with Gasteiger partial charge in [0.15, 0.2) is 0 Å². The first kappa shape index (κ1) is 18.7. The highest BCUT2D eigenvalue weighted by Crippen LogP contribution is 2.55. The van der Waals surface area contributed by atoms with Crippen molar-refractivity contribution in [2.45, 2.75) is 31.9 Å². The van der Waals surface area contributed by atoms with Gasteiger partial charge in [-0.2, -0.15) is 13.2 Å². The first-order valence-corrected chi connectivity index (χ1v) is 9.32. The second kappa shape index (κ2) is 7.08. The smallest absolute Gasteiger partial charge is 0.340 e. The van der Waals surface area contributed by atoms with Crippen LogP contribution in [0.5, 0.6) is 0 Å². The van der Waals surface area contributed by atoms with Crippen LogP contribution in [-0.2, 0) is 0 Å². The highest BCUT2D eigenvalue weighted by atomic mass is 19.4. The summed E-state index contributed by atoms with van der Waals surface area (Å²) in [7, 11) is 0. The zero-order valence-electron chi connectivity index (χ0n) is 15.2. The molecule has 0 bridgehead atoms. The van der Waals surface area contributed by atoms with Crippen LogP contribution >= 0.6 is 0 Å². The largest absolute Gasteiger partial charge is 0.412 e. The van der Waals surface area contributed by atoms with E-state index < -0.39 is 17.6 Å². The van der Waals surface area contributed by atoms with Crippen molar-refractivity contribution in [1.82, 2.24) is 4.98 Å². The predicted octanol–water partition coefficient (Wildman–Crippen LogP) is 6.44. The Morgan fingerprint density at radius 2 is 1.89 bits per heavy atom. The maximum Gasteiger partial charge on any atom is 0.412 e. The van der Waals surface area contributed by atoms with Crippen LogP contribution in [-0.4, -0.2) is 11.2 Å². The molecule has 1 N–H and O–H groups in total. The normalized spacial score (nSPS) is 21.7. The summed E-state index contributed by atoms with van der Waals surface area (Å²) < 4.78 is 54.5. The average molecular weight is 388 g/mol. The maximum atomic E-state index is 13.9. The first-order chi connectivity index (χ1) is 13.3. The second-order valence-electron chi connectivity index (χ2n) is 7.41. The first-order valence-electron chi connectivity index (χ1n) is 9.32. The van der Waals surface area contributed by atoms with Crippen LogP contribution in [0.25, 0.3) is 11.3 Å². The molecular weight excluding hydrogens is 368 g/mol. The summed E-state index contributed by atoms with van der Waals surface area (Å²) >= 11 is 0. The number of nitrogens with one attached hydrogen (secondary N) is 1. The van der Waals surface area contributed by atoms with E-state index >= 15 is 0 Å². The van der Waals surface area contributed by atoms with Gasteiger partial charge in [0.1, 0.15) is 11.6 Å². The topological polar surface area (TPSA) is 24.9 Å². The van der Waals surface area contributed by atoms with E-state index in [0.717, 1.165) is 19.3 Å². The molecule has 2 atom stereocenters. The van der Waals surface area contributed by atoms with Crippen molar-refractivity contribution >= 4 is 17.1 Å². The Hall–Kier alpha value is -2.63. The van der Waals surface area contributed by atoms with Gasteiger partial charge in [-0.3, -0.25) is 0 Å². The lowest BCUT2D eigenvalue weighted by Gasteiger charge is -2.16. The summed E-state index contributed by atoms with van der Waals surface area (Å²) in [5, 5.41) is 2.92. The van der Waals surface area contributed by atoms with Crippen molar-refractivity contribution in [3.05, 3.63) is 71.7 Å². The summed E-state index contributed by atoms with van der Waals surface area (Å²) in [5.41, 5.74) is 1.18. The van der Waals surface area contributed by atoms with Gasteiger partial charge >= 0.3 is 6.18 Å². The molecule has 1 aromatic heterocycles. The third-order valence-electron chi connectivity index (χ3n) is 5.72. The zero-order valence-corrected chi connectivity index (χ0v) is 15.2. The lowest BCUT2D eigenvalue weighted by Crippen LogP contribution is -2.12. The lowest BCUT2D eigenvalue weighted by molar-refractivity contribution is -0.0933. The number of pyridine rings is 1. The summed E-state index contributed by atoms with van der Waals surface area (Å²) in [5.74, 6) is 0.0535. The Kier molecular flexibility index (Phi) is 4.73. The van der Waals surface area contributed by atoms with Crippen LogP contribution in [0.1, 0.15) is 36.8 Å². The fraction of sp³-hybridized carbons (Fsp3) is 0.318. The van der Waals surface area contributed by atoms with Gasteiger partial charge in [0.25, 0.3) is 0 Å². The average Bonchev–Trinajstić information content (AvgIpc) is 3.23. The molecule has 28 heavy (non-hydrogen) atoms. The minimum absolute atomic E-state index is 0.0365. The highest BCUT2D eigenvalue weighted by Gasteiger charge is 2.47. The van der Waals surface area contributed by atoms with Crippen molar-refractivity contribution in [3.8, 4) is 0 Å². The van der Waals surface area contributed by atoms with Crippen molar-refractivity contribution in [3.63, 3.8) is 0 Å². The van der Waals surface area contributed by atoms with Crippen LogP contribution in [0.15, 0.2) is 54.7 Å². The molecule has 2 aromatic rings. The van der Waals surface area contributed by atoms with Crippen molar-refractivity contribution < 1.29 is 17.6 Å². The Balaban J connectivity index is 1.59. The summed E-state index contributed by atoms with van der Waals surface area (Å²) in [4.78, 5) is 4.25. The molecule has 2 unspecified atom stereocenters. The fourth-order valence-electron chi connectivity index (χ4n) is 4.47. The Labute approximate surface area is 161 Å². The molecule has 1 heterocycles. The molecule has 0 saturated heterocycles. The van der Waals surface area contributed by atoms with Gasteiger partial charge in [0.05, 0.1) is 0 Å². The molecule has 2 aliphatic carbocycles. The predicted molar refractivity (Wildman–Crippen MR) is 102 cm³/mol. The SMILES string of the molecule is C=C(Nc1ccc(C2=C(C(F)(F)F)CC3CCCC23)cn1)c1ccccc1F. The Morgan fingerprint density at radius 1 is 1.11 bits per heavy atom. The fourth-order valence-corrected chi connectivity index (χ4v) is 4.47. The standard InChI is InChI=1S/C22H20F4N2/c1-13(16-6-2-3-8-19(16)23)28-20-10-9-15(12-27-20)21-17-7-4-5-14(17)11-18(21)22(24,25)26/h2-3,6,8-10,12,14,17H,1,4-5,7,11H2,(H,27,28). The monoisotopic (exact) mass is 388 g/mol. The molecule has 1 saturated carbocycles. The number of rotatable bonds is 4. The number of aromatic nitrogens is 1. The van der Waals surface area contributed by atoms with E-state index in [2.05, 4.69) is 16.9 Å². The van der Waals surface area contributed by atoms with E-state index in [1.54, 1.807) is 30.3 Å². The van der Waals surface area contributed by atoms with Gasteiger partial charge in [0, 0.05) is 23.0 Å². The van der Waals surface area contributed by atoms with E-state index in [1.165, 1.54) is 12.3 Å². The number of hydrogen-bond acceptors (Lipinski definition) is 2. The molecule has 0 aliphatic heterocycles. The highest BCUT2D eigenvalue weighted by molar-refractivity contribution is 5.77. The lowest BCUT2D eigenvalue weighted by atomic mass is 9.91. The number of fused-ring (bicyclic) bond motifs is 1. The number of benzene rings is 1. The van der Waals surface area contributed by atoms with E-state index in [-0.39, 0.29) is 18.3 Å². The van der Waals surface area contributed by atoms with Gasteiger partial charge < -0.3 is 5.32 Å². The number of alkyl halides is 3. The summed E-state index contributed by atoms with van der Waals surface area (Å²) in [6.45, 7) is 3.82. The number of anilines is 1. The number of allylic oxidation sites excluding steroid dienone is 2. The molecule has 2 nitrogen and oxygen atoms in total. The van der Waals surface area contributed by atoms with Crippen LogP contribution < -0.4 is 5.32 Å². The van der Waals surface area contributed by atoms with Gasteiger partial charge in [-0.05, 0) is 66.5 Å². The minimum atomic E-state index is -4.31. The van der Waals surface area contributed by atoms with Gasteiger partial charge in [-0.1, -0.05) is 25.1 Å². The summed E-state index contributed by atoms with van der Waals surface area (Å²) in [6.07, 6.45) is -0.117. The number of nitrogens with zero attached hydrogens (tertiary/aromatic N) is 1. The molecule has 2 aliphatic rings. The van der Waals surface area contributed by atoms with Crippen molar-refractivity contribution in [2.24, 2.45) is 11.8 Å². The third kappa shape index (κ3) is 3.43. The molecule has 0 radical (unpaired) electrons. The van der Waals surface area contributed by atoms with Crippen LogP contribution in [0.4, 0.5) is 23.4 Å². The van der Waals surface area contributed by atoms with E-state index in [1.807, 2.05) is 0 Å². The molecule has 1 aromatic carbocycles. The van der Waals surface area contributed by atoms with E-state index in [4.69, 9.17) is 0 Å². The van der Waals surface area contributed by atoms with Gasteiger partial charge in [-0.25, -0.2) is 9.37 Å². The maximum absolute atomic E-state index is 13.9. The quantitative estimate of drug-likeness (QED) is 0.610. The third-order valence-corrected chi connectivity index (χ3v) is 5.72. The van der Waals surface area contributed by atoms with Gasteiger partial charge in [-0.15, -0.1) is 0 Å².